The molecule has 3 aromatic carbocycles. The van der Waals surface area contributed by atoms with Crippen molar-refractivity contribution in [2.24, 2.45) is 0 Å². The molecule has 1 heterocycles. The summed E-state index contributed by atoms with van der Waals surface area (Å²) < 4.78 is 11.7. The van der Waals surface area contributed by atoms with E-state index in [-0.39, 0.29) is 17.2 Å². The van der Waals surface area contributed by atoms with Gasteiger partial charge in [-0.3, -0.25) is 14.8 Å². The number of benzene rings is 3. The molecule has 0 radical (unpaired) electrons. The summed E-state index contributed by atoms with van der Waals surface area (Å²) in [4.78, 5) is 24.4. The number of carbonyl (C=O) groups excluding carboxylic acids is 2. The number of hydroxylamine groups is 1. The van der Waals surface area contributed by atoms with Crippen molar-refractivity contribution in [2.45, 2.75) is 25.5 Å². The first-order valence-corrected chi connectivity index (χ1v) is 10.7. The van der Waals surface area contributed by atoms with Gasteiger partial charge in [-0.1, -0.05) is 48.5 Å². The number of hydrogen-bond donors (Lipinski definition) is 3. The Morgan fingerprint density at radius 3 is 2.36 bits per heavy atom. The molecule has 0 bridgehead atoms. The molecule has 1 unspecified atom stereocenters. The molecule has 1 aromatic heterocycles. The minimum atomic E-state index is -0.612. The first kappa shape index (κ1) is 22.1. The van der Waals surface area contributed by atoms with E-state index in [2.05, 4.69) is 17.4 Å². The zero-order chi connectivity index (χ0) is 23.0. The second-order valence-electron chi connectivity index (χ2n) is 7.57. The van der Waals surface area contributed by atoms with Gasteiger partial charge in [-0.25, -0.2) is 5.48 Å². The highest BCUT2D eigenvalue weighted by Crippen LogP contribution is 2.20. The Morgan fingerprint density at radius 1 is 0.909 bits per heavy atom. The molecule has 4 rings (SSSR count). The maximum absolute atomic E-state index is 12.9. The van der Waals surface area contributed by atoms with Gasteiger partial charge in [0.25, 0.3) is 11.8 Å². The molecule has 4 aromatic rings. The maximum atomic E-state index is 12.9. The molecule has 3 N–H and O–H groups in total. The van der Waals surface area contributed by atoms with Crippen LogP contribution in [0.1, 0.15) is 39.3 Å². The van der Waals surface area contributed by atoms with Crippen molar-refractivity contribution in [1.29, 1.82) is 0 Å². The molecule has 0 aliphatic rings. The molecule has 0 aliphatic carbocycles. The summed E-state index contributed by atoms with van der Waals surface area (Å²) >= 11 is 0. The zero-order valence-electron chi connectivity index (χ0n) is 17.9. The molecule has 0 fully saturated rings. The third kappa shape index (κ3) is 5.78. The Kier molecular flexibility index (Phi) is 7.02. The highest BCUT2D eigenvalue weighted by Gasteiger charge is 2.19. The normalized spacial score (nSPS) is 11.7. The van der Waals surface area contributed by atoms with Crippen LogP contribution in [0.15, 0.2) is 89.3 Å². The van der Waals surface area contributed by atoms with E-state index in [9.17, 15) is 9.59 Å². The van der Waals surface area contributed by atoms with Crippen LogP contribution >= 0.6 is 0 Å². The molecule has 168 valence electrons. The van der Waals surface area contributed by atoms with Gasteiger partial charge in [0.05, 0.1) is 0 Å². The lowest BCUT2D eigenvalue weighted by molar-refractivity contribution is 0.0706. The fourth-order valence-corrected chi connectivity index (χ4v) is 3.52. The average molecular weight is 444 g/mol. The van der Waals surface area contributed by atoms with Gasteiger partial charge in [-0.15, -0.1) is 0 Å². The first-order valence-electron chi connectivity index (χ1n) is 10.7. The fraction of sp³-hybridized carbons (Fsp3) is 0.154. The van der Waals surface area contributed by atoms with Crippen LogP contribution in [0.2, 0.25) is 0 Å². The van der Waals surface area contributed by atoms with E-state index in [0.29, 0.717) is 17.8 Å². The van der Waals surface area contributed by atoms with Crippen molar-refractivity contribution in [2.75, 3.05) is 0 Å². The van der Waals surface area contributed by atoms with Crippen LogP contribution in [-0.2, 0) is 6.42 Å². The summed E-state index contributed by atoms with van der Waals surface area (Å²) in [5, 5.41) is 12.5. The van der Waals surface area contributed by atoms with E-state index in [0.717, 1.165) is 18.2 Å². The summed E-state index contributed by atoms with van der Waals surface area (Å²) in [5.41, 5.74) is 3.73. The smallest absolute Gasteiger partial charge is 0.289 e. The number of carbonyl (C=O) groups is 2. The number of fused-ring (bicyclic) bond motifs is 1. The molecular formula is C26H24N2O5. The number of nitrogens with one attached hydrogen (secondary N) is 2. The first-order chi connectivity index (χ1) is 16.1. The third-order valence-corrected chi connectivity index (χ3v) is 5.21. The van der Waals surface area contributed by atoms with Crippen molar-refractivity contribution in [3.05, 3.63) is 102 Å². The molecule has 7 heteroatoms. The lowest BCUT2D eigenvalue weighted by Crippen LogP contribution is -2.39. The summed E-state index contributed by atoms with van der Waals surface area (Å²) in [6.45, 7) is 0. The van der Waals surface area contributed by atoms with Crippen LogP contribution in [0.25, 0.3) is 11.0 Å². The Labute approximate surface area is 190 Å². The van der Waals surface area contributed by atoms with Gasteiger partial charge in [-0.05, 0) is 54.8 Å². The van der Waals surface area contributed by atoms with E-state index in [4.69, 9.17) is 14.4 Å². The minimum absolute atomic E-state index is 0.211. The van der Waals surface area contributed by atoms with Crippen molar-refractivity contribution in [1.82, 2.24) is 10.8 Å². The van der Waals surface area contributed by atoms with Gasteiger partial charge in [-0.2, -0.15) is 0 Å². The quantitative estimate of drug-likeness (QED) is 0.197. The largest absolute Gasteiger partial charge is 0.471 e. The zero-order valence-corrected chi connectivity index (χ0v) is 17.9. The Morgan fingerprint density at radius 2 is 1.64 bits per heavy atom. The standard InChI is InChI=1S/C26H24N2O5/c29-25(28-31)19-13-15-21(16-14-19)32-24(12-6-9-18-7-2-1-3-8-18)27-26(30)23-17-20-10-4-5-11-22(20)33-23/h1-5,7-8,10-11,13-17,24,31H,6,9,12H2,(H,27,30)(H,28,29). The molecule has 2 amide bonds. The van der Waals surface area contributed by atoms with Gasteiger partial charge < -0.3 is 14.5 Å². The second-order valence-corrected chi connectivity index (χ2v) is 7.57. The van der Waals surface area contributed by atoms with Gasteiger partial charge in [0.2, 0.25) is 0 Å². The molecule has 0 aliphatic heterocycles. The number of rotatable bonds is 9. The van der Waals surface area contributed by atoms with Crippen LogP contribution in [0.5, 0.6) is 5.75 Å². The number of amides is 2. The average Bonchev–Trinajstić information content (AvgIpc) is 3.29. The van der Waals surface area contributed by atoms with E-state index >= 15 is 0 Å². The van der Waals surface area contributed by atoms with Crippen molar-refractivity contribution >= 4 is 22.8 Å². The lowest BCUT2D eigenvalue weighted by Gasteiger charge is -2.20. The number of ether oxygens (including phenoxy) is 1. The Bertz CT molecular complexity index is 1190. The maximum Gasteiger partial charge on any atom is 0.289 e. The highest BCUT2D eigenvalue weighted by atomic mass is 16.5. The molecule has 7 nitrogen and oxygen atoms in total. The van der Waals surface area contributed by atoms with E-state index in [1.807, 2.05) is 42.5 Å². The van der Waals surface area contributed by atoms with E-state index in [1.54, 1.807) is 23.7 Å². The number of para-hydroxylation sites is 1. The van der Waals surface area contributed by atoms with Crippen molar-refractivity contribution in [3.63, 3.8) is 0 Å². The van der Waals surface area contributed by atoms with Crippen LogP contribution in [-0.4, -0.2) is 23.2 Å². The predicted octanol–water partition coefficient (Wildman–Crippen LogP) is 4.71. The van der Waals surface area contributed by atoms with Gasteiger partial charge in [0, 0.05) is 17.4 Å². The topological polar surface area (TPSA) is 101 Å². The van der Waals surface area contributed by atoms with Gasteiger partial charge in [0.1, 0.15) is 11.3 Å². The van der Waals surface area contributed by atoms with E-state index in [1.165, 1.54) is 17.7 Å². The summed E-state index contributed by atoms with van der Waals surface area (Å²) in [6.07, 6.45) is 1.60. The number of hydrogen-bond acceptors (Lipinski definition) is 5. The second kappa shape index (κ2) is 10.5. The summed E-state index contributed by atoms with van der Waals surface area (Å²) in [5.74, 6) is -0.284. The van der Waals surface area contributed by atoms with Crippen LogP contribution in [0.3, 0.4) is 0 Å². The van der Waals surface area contributed by atoms with Crippen LogP contribution in [0.4, 0.5) is 0 Å². The summed E-state index contributed by atoms with van der Waals surface area (Å²) in [6, 6.07) is 25.5. The SMILES string of the molecule is O=C(NO)c1ccc(OC(CCCc2ccccc2)NC(=O)c2cc3ccccc3o2)cc1. The molecule has 1 atom stereocenters. The fourth-order valence-electron chi connectivity index (χ4n) is 3.52. The van der Waals surface area contributed by atoms with Crippen LogP contribution in [0, 0.1) is 0 Å². The Balaban J connectivity index is 1.46. The molecule has 0 saturated carbocycles. The van der Waals surface area contributed by atoms with E-state index < -0.39 is 12.1 Å². The molecule has 33 heavy (non-hydrogen) atoms. The molecule has 0 saturated heterocycles. The van der Waals surface area contributed by atoms with Gasteiger partial charge in [0.15, 0.2) is 12.0 Å². The van der Waals surface area contributed by atoms with Gasteiger partial charge >= 0.3 is 0 Å². The summed E-state index contributed by atoms with van der Waals surface area (Å²) in [7, 11) is 0. The third-order valence-electron chi connectivity index (χ3n) is 5.21. The highest BCUT2D eigenvalue weighted by molar-refractivity contribution is 5.96. The monoisotopic (exact) mass is 444 g/mol. The Hall–Kier alpha value is -4.10. The number of furan rings is 1. The molecular weight excluding hydrogens is 420 g/mol. The van der Waals surface area contributed by atoms with Crippen molar-refractivity contribution < 1.29 is 24.0 Å². The number of aryl methyl sites for hydroxylation is 1. The predicted molar refractivity (Wildman–Crippen MR) is 123 cm³/mol. The minimum Gasteiger partial charge on any atom is -0.471 e. The van der Waals surface area contributed by atoms with Crippen molar-refractivity contribution in [3.8, 4) is 5.75 Å². The lowest BCUT2D eigenvalue weighted by atomic mass is 10.1. The van der Waals surface area contributed by atoms with Crippen LogP contribution < -0.4 is 15.5 Å². The molecule has 0 spiro atoms.